The third kappa shape index (κ3) is 4.13. The van der Waals surface area contributed by atoms with Gasteiger partial charge in [-0.25, -0.2) is 0 Å². The minimum absolute atomic E-state index is 0.0264. The quantitative estimate of drug-likeness (QED) is 0.880. The molecule has 2 aliphatic heterocycles. The fourth-order valence-electron chi connectivity index (χ4n) is 4.41. The molecule has 28 heavy (non-hydrogen) atoms. The molecular weight excluding hydrogens is 352 g/mol. The molecule has 6 heteroatoms. The minimum Gasteiger partial charge on any atom is -0.397 e. The molecule has 6 nitrogen and oxygen atoms in total. The number of nitrogens with zero attached hydrogens (tertiary/aromatic N) is 3. The van der Waals surface area contributed by atoms with Gasteiger partial charge in [0.2, 0.25) is 5.91 Å². The molecule has 2 aromatic rings. The Kier molecular flexibility index (Phi) is 5.78. The van der Waals surface area contributed by atoms with Crippen LogP contribution in [0.1, 0.15) is 31.4 Å². The van der Waals surface area contributed by atoms with Crippen molar-refractivity contribution in [2.75, 3.05) is 51.7 Å². The van der Waals surface area contributed by atoms with Gasteiger partial charge in [-0.1, -0.05) is 25.1 Å². The number of pyridine rings is 1. The van der Waals surface area contributed by atoms with E-state index in [0.717, 1.165) is 81.1 Å². The highest BCUT2D eigenvalue weighted by atomic mass is 16.5. The second-order valence-corrected chi connectivity index (χ2v) is 8.07. The topological polar surface area (TPSA) is 71.7 Å². The van der Waals surface area contributed by atoms with E-state index in [9.17, 15) is 4.79 Å². The zero-order chi connectivity index (χ0) is 19.5. The van der Waals surface area contributed by atoms with E-state index in [-0.39, 0.29) is 11.8 Å². The number of rotatable bonds is 4. The van der Waals surface area contributed by atoms with E-state index < -0.39 is 0 Å². The number of anilines is 1. The fourth-order valence-corrected chi connectivity index (χ4v) is 4.41. The van der Waals surface area contributed by atoms with Crippen molar-refractivity contribution in [3.63, 3.8) is 0 Å². The predicted octanol–water partition coefficient (Wildman–Crippen LogP) is 2.49. The van der Waals surface area contributed by atoms with Gasteiger partial charge >= 0.3 is 0 Å². The van der Waals surface area contributed by atoms with E-state index in [0.29, 0.717) is 5.92 Å². The summed E-state index contributed by atoms with van der Waals surface area (Å²) >= 11 is 0. The molecule has 1 amide bonds. The van der Waals surface area contributed by atoms with Gasteiger partial charge in [-0.05, 0) is 25.0 Å². The molecule has 0 saturated carbocycles. The first kappa shape index (κ1) is 19.2. The summed E-state index contributed by atoms with van der Waals surface area (Å²) in [6.45, 7) is 7.82. The summed E-state index contributed by atoms with van der Waals surface area (Å²) in [7, 11) is 0. The standard InChI is InChI=1S/C22H30N4O2/c1-16(15-25-10-12-28-13-11-25)22(27)26-8-6-17(7-9-26)21-19(23)14-18-4-2-3-5-20(18)24-21/h2-5,14,16-17H,6-13,15,23H2,1H3. The molecular formula is C22H30N4O2. The second-order valence-electron chi connectivity index (χ2n) is 8.07. The molecule has 150 valence electrons. The highest BCUT2D eigenvalue weighted by Gasteiger charge is 2.29. The van der Waals surface area contributed by atoms with Gasteiger partial charge in [0.05, 0.1) is 30.1 Å². The highest BCUT2D eigenvalue weighted by Crippen LogP contribution is 2.32. The number of hydrogen-bond acceptors (Lipinski definition) is 5. The van der Waals surface area contributed by atoms with Crippen molar-refractivity contribution in [3.05, 3.63) is 36.0 Å². The number of para-hydroxylation sites is 1. The first-order valence-electron chi connectivity index (χ1n) is 10.4. The zero-order valence-electron chi connectivity index (χ0n) is 16.6. The van der Waals surface area contributed by atoms with Crippen LogP contribution in [0.3, 0.4) is 0 Å². The molecule has 2 aliphatic rings. The molecule has 0 spiro atoms. The molecule has 1 atom stereocenters. The van der Waals surface area contributed by atoms with Crippen LogP contribution >= 0.6 is 0 Å². The second kappa shape index (κ2) is 8.45. The number of carbonyl (C=O) groups excluding carboxylic acids is 1. The summed E-state index contributed by atoms with van der Waals surface area (Å²) in [5.41, 5.74) is 9.06. The summed E-state index contributed by atoms with van der Waals surface area (Å²) in [6.07, 6.45) is 1.84. The monoisotopic (exact) mass is 382 g/mol. The Balaban J connectivity index is 1.36. The number of piperidine rings is 1. The number of benzene rings is 1. The molecule has 2 saturated heterocycles. The molecule has 1 aromatic carbocycles. The number of nitrogens with two attached hydrogens (primary N) is 1. The van der Waals surface area contributed by atoms with Crippen LogP contribution in [-0.4, -0.2) is 66.6 Å². The minimum atomic E-state index is 0.0264. The van der Waals surface area contributed by atoms with E-state index >= 15 is 0 Å². The number of aromatic nitrogens is 1. The smallest absolute Gasteiger partial charge is 0.226 e. The fraction of sp³-hybridized carbons (Fsp3) is 0.545. The first-order valence-corrected chi connectivity index (χ1v) is 10.4. The van der Waals surface area contributed by atoms with Crippen molar-refractivity contribution >= 4 is 22.5 Å². The van der Waals surface area contributed by atoms with Gasteiger partial charge in [-0.2, -0.15) is 0 Å². The van der Waals surface area contributed by atoms with Gasteiger partial charge < -0.3 is 15.4 Å². The Morgan fingerprint density at radius 1 is 1.21 bits per heavy atom. The summed E-state index contributed by atoms with van der Waals surface area (Å²) < 4.78 is 5.40. The summed E-state index contributed by atoms with van der Waals surface area (Å²) in [5, 5.41) is 1.08. The van der Waals surface area contributed by atoms with Gasteiger partial charge in [0.15, 0.2) is 0 Å². The van der Waals surface area contributed by atoms with Crippen LogP contribution in [0.4, 0.5) is 5.69 Å². The molecule has 2 fully saturated rings. The number of fused-ring (bicyclic) bond motifs is 1. The normalized spacial score (nSPS) is 20.4. The lowest BCUT2D eigenvalue weighted by Crippen LogP contribution is -2.46. The Bertz CT molecular complexity index is 826. The Labute approximate surface area is 166 Å². The Morgan fingerprint density at radius 3 is 2.68 bits per heavy atom. The van der Waals surface area contributed by atoms with Crippen molar-refractivity contribution < 1.29 is 9.53 Å². The lowest BCUT2D eigenvalue weighted by atomic mass is 9.91. The van der Waals surface area contributed by atoms with Crippen molar-refractivity contribution in [2.45, 2.75) is 25.7 Å². The van der Waals surface area contributed by atoms with Crippen LogP contribution in [0.25, 0.3) is 10.9 Å². The molecule has 3 heterocycles. The van der Waals surface area contributed by atoms with Crippen LogP contribution in [0, 0.1) is 5.92 Å². The van der Waals surface area contributed by atoms with Gasteiger partial charge in [0, 0.05) is 49.9 Å². The summed E-state index contributed by atoms with van der Waals surface area (Å²) in [4.78, 5) is 22.1. The number of ether oxygens (including phenoxy) is 1. The van der Waals surface area contributed by atoms with Crippen molar-refractivity contribution in [1.29, 1.82) is 0 Å². The molecule has 2 N–H and O–H groups in total. The predicted molar refractivity (Wildman–Crippen MR) is 111 cm³/mol. The largest absolute Gasteiger partial charge is 0.397 e. The molecule has 0 bridgehead atoms. The summed E-state index contributed by atoms with van der Waals surface area (Å²) in [5.74, 6) is 0.617. The third-order valence-electron chi connectivity index (χ3n) is 6.04. The average Bonchev–Trinajstić information content (AvgIpc) is 2.73. The van der Waals surface area contributed by atoms with Crippen LogP contribution in [0.2, 0.25) is 0 Å². The molecule has 1 unspecified atom stereocenters. The van der Waals surface area contributed by atoms with Crippen molar-refractivity contribution in [2.24, 2.45) is 5.92 Å². The first-order chi connectivity index (χ1) is 13.6. The number of amides is 1. The molecule has 4 rings (SSSR count). The Morgan fingerprint density at radius 2 is 1.93 bits per heavy atom. The van der Waals surface area contributed by atoms with E-state index in [1.807, 2.05) is 42.2 Å². The van der Waals surface area contributed by atoms with Crippen LogP contribution < -0.4 is 5.73 Å². The van der Waals surface area contributed by atoms with Crippen molar-refractivity contribution in [1.82, 2.24) is 14.8 Å². The van der Waals surface area contributed by atoms with Gasteiger partial charge in [-0.3, -0.25) is 14.7 Å². The third-order valence-corrected chi connectivity index (χ3v) is 6.04. The average molecular weight is 383 g/mol. The molecule has 0 aliphatic carbocycles. The molecule has 1 aromatic heterocycles. The lowest BCUT2D eigenvalue weighted by Gasteiger charge is -2.35. The van der Waals surface area contributed by atoms with Crippen LogP contribution in [-0.2, 0) is 9.53 Å². The number of nitrogen functional groups attached to an aromatic ring is 1. The maximum Gasteiger partial charge on any atom is 0.226 e. The van der Waals surface area contributed by atoms with Gasteiger partial charge in [0.1, 0.15) is 0 Å². The number of hydrogen-bond donors (Lipinski definition) is 1. The zero-order valence-corrected chi connectivity index (χ0v) is 16.6. The van der Waals surface area contributed by atoms with E-state index in [1.54, 1.807) is 0 Å². The Hall–Kier alpha value is -2.18. The number of likely N-dealkylation sites (tertiary alicyclic amines) is 1. The van der Waals surface area contributed by atoms with Crippen LogP contribution in [0.5, 0.6) is 0 Å². The molecule has 0 radical (unpaired) electrons. The maximum atomic E-state index is 12.9. The number of carbonyl (C=O) groups is 1. The lowest BCUT2D eigenvalue weighted by molar-refractivity contribution is -0.137. The number of morpholine rings is 1. The SMILES string of the molecule is CC(CN1CCOCC1)C(=O)N1CCC(c2nc3ccccc3cc2N)CC1. The van der Waals surface area contributed by atoms with E-state index in [1.165, 1.54) is 0 Å². The highest BCUT2D eigenvalue weighted by molar-refractivity contribution is 5.82. The maximum absolute atomic E-state index is 12.9. The van der Waals surface area contributed by atoms with Crippen molar-refractivity contribution in [3.8, 4) is 0 Å². The summed E-state index contributed by atoms with van der Waals surface area (Å²) in [6, 6.07) is 10.1. The van der Waals surface area contributed by atoms with Crippen LogP contribution in [0.15, 0.2) is 30.3 Å². The van der Waals surface area contributed by atoms with E-state index in [4.69, 9.17) is 15.5 Å². The van der Waals surface area contributed by atoms with E-state index in [2.05, 4.69) is 4.90 Å². The van der Waals surface area contributed by atoms with Gasteiger partial charge in [0.25, 0.3) is 0 Å². The van der Waals surface area contributed by atoms with Gasteiger partial charge in [-0.15, -0.1) is 0 Å².